The van der Waals surface area contributed by atoms with Crippen LogP contribution in [0.15, 0.2) is 0 Å². The Kier molecular flexibility index (Phi) is 5.53. The lowest BCUT2D eigenvalue weighted by Crippen LogP contribution is -2.56. The highest BCUT2D eigenvalue weighted by atomic mass is 16.5. The van der Waals surface area contributed by atoms with Gasteiger partial charge in [0, 0.05) is 30.6 Å². The van der Waals surface area contributed by atoms with Gasteiger partial charge in [-0.2, -0.15) is 0 Å². The summed E-state index contributed by atoms with van der Waals surface area (Å²) in [5.41, 5.74) is -0.368. The van der Waals surface area contributed by atoms with Crippen LogP contribution >= 0.6 is 0 Å². The zero-order chi connectivity index (χ0) is 14.7. The summed E-state index contributed by atoms with van der Waals surface area (Å²) in [6.45, 7) is 16.4. The molecule has 0 spiro atoms. The molecule has 0 amide bonds. The molecule has 1 N–H and O–H groups in total. The lowest BCUT2D eigenvalue weighted by Gasteiger charge is -2.36. The van der Waals surface area contributed by atoms with Crippen molar-refractivity contribution in [2.24, 2.45) is 5.41 Å². The second kappa shape index (κ2) is 6.33. The highest BCUT2D eigenvalue weighted by Gasteiger charge is 2.33. The molecule has 1 rings (SSSR count). The van der Waals surface area contributed by atoms with Crippen LogP contribution in [0.5, 0.6) is 0 Å². The van der Waals surface area contributed by atoms with Crippen LogP contribution in [0.2, 0.25) is 0 Å². The Morgan fingerprint density at radius 3 is 2.11 bits per heavy atom. The number of rotatable bonds is 4. The van der Waals surface area contributed by atoms with E-state index in [4.69, 9.17) is 4.74 Å². The molecule has 4 nitrogen and oxygen atoms in total. The van der Waals surface area contributed by atoms with Crippen LogP contribution in [0.4, 0.5) is 0 Å². The van der Waals surface area contributed by atoms with E-state index in [0.29, 0.717) is 0 Å². The maximum atomic E-state index is 12.6. The SMILES string of the molecule is CC(C)(C)N[C@@H](CN1CCOCC1)C(=O)C(C)(C)C. The van der Waals surface area contributed by atoms with E-state index in [-0.39, 0.29) is 22.8 Å². The van der Waals surface area contributed by atoms with E-state index in [1.165, 1.54) is 0 Å². The first-order valence-corrected chi connectivity index (χ1v) is 7.22. The van der Waals surface area contributed by atoms with E-state index in [1.807, 2.05) is 20.8 Å². The first-order valence-electron chi connectivity index (χ1n) is 7.22. The second-order valence-electron chi connectivity index (χ2n) is 7.47. The fourth-order valence-electron chi connectivity index (χ4n) is 2.28. The van der Waals surface area contributed by atoms with Crippen molar-refractivity contribution in [3.63, 3.8) is 0 Å². The number of Topliss-reactive ketones (excluding diaryl/α,β-unsaturated/α-hetero) is 1. The zero-order valence-corrected chi connectivity index (χ0v) is 13.4. The Labute approximate surface area is 117 Å². The van der Waals surface area contributed by atoms with Gasteiger partial charge >= 0.3 is 0 Å². The van der Waals surface area contributed by atoms with Crippen molar-refractivity contribution in [1.82, 2.24) is 10.2 Å². The normalized spacial score (nSPS) is 20.3. The van der Waals surface area contributed by atoms with Gasteiger partial charge in [-0.05, 0) is 20.8 Å². The molecule has 0 bridgehead atoms. The molecule has 0 radical (unpaired) electrons. The molecule has 1 atom stereocenters. The molecular weight excluding hydrogens is 240 g/mol. The standard InChI is InChI=1S/C15H30N2O2/c1-14(2,3)13(18)12(16-15(4,5)6)11-17-7-9-19-10-8-17/h12,16H,7-11H2,1-6H3/t12-/m0/s1. The number of nitrogens with one attached hydrogen (secondary N) is 1. The van der Waals surface area contributed by atoms with Gasteiger partial charge in [0.1, 0.15) is 0 Å². The van der Waals surface area contributed by atoms with Crippen molar-refractivity contribution >= 4 is 5.78 Å². The van der Waals surface area contributed by atoms with Crippen LogP contribution in [-0.2, 0) is 9.53 Å². The van der Waals surface area contributed by atoms with Gasteiger partial charge in [-0.25, -0.2) is 0 Å². The molecule has 4 heteroatoms. The van der Waals surface area contributed by atoms with Gasteiger partial charge in [0.05, 0.1) is 19.3 Å². The van der Waals surface area contributed by atoms with E-state index >= 15 is 0 Å². The van der Waals surface area contributed by atoms with E-state index in [9.17, 15) is 4.79 Å². The number of carbonyl (C=O) groups is 1. The molecule has 0 aromatic heterocycles. The van der Waals surface area contributed by atoms with Crippen LogP contribution < -0.4 is 5.32 Å². The average Bonchev–Trinajstić information content (AvgIpc) is 2.25. The highest BCUT2D eigenvalue weighted by molar-refractivity contribution is 5.89. The molecule has 19 heavy (non-hydrogen) atoms. The van der Waals surface area contributed by atoms with E-state index in [2.05, 4.69) is 31.0 Å². The minimum absolute atomic E-state index is 0.0577. The third-order valence-electron chi connectivity index (χ3n) is 3.21. The van der Waals surface area contributed by atoms with Gasteiger partial charge in [0.25, 0.3) is 0 Å². The van der Waals surface area contributed by atoms with E-state index in [0.717, 1.165) is 32.8 Å². The molecule has 0 aromatic rings. The molecular formula is C15H30N2O2. The van der Waals surface area contributed by atoms with Crippen LogP contribution in [0.1, 0.15) is 41.5 Å². The number of hydrogen-bond donors (Lipinski definition) is 1. The molecule has 1 aliphatic rings. The van der Waals surface area contributed by atoms with Crippen LogP contribution in [0.25, 0.3) is 0 Å². The number of ketones is 1. The van der Waals surface area contributed by atoms with E-state index < -0.39 is 0 Å². The van der Waals surface area contributed by atoms with Gasteiger partial charge in [0.15, 0.2) is 5.78 Å². The summed E-state index contributed by atoms with van der Waals surface area (Å²) in [5.74, 6) is 0.286. The Bertz CT molecular complexity index is 296. The predicted octanol–water partition coefficient (Wildman–Crippen LogP) is 1.69. The first-order chi connectivity index (χ1) is 8.59. The summed E-state index contributed by atoms with van der Waals surface area (Å²) in [7, 11) is 0. The minimum Gasteiger partial charge on any atom is -0.379 e. The fraction of sp³-hybridized carbons (Fsp3) is 0.933. The highest BCUT2D eigenvalue weighted by Crippen LogP contribution is 2.19. The molecule has 0 unspecified atom stereocenters. The van der Waals surface area contributed by atoms with Gasteiger partial charge in [0.2, 0.25) is 0 Å². The Morgan fingerprint density at radius 2 is 1.68 bits per heavy atom. The van der Waals surface area contributed by atoms with Crippen molar-refractivity contribution in [1.29, 1.82) is 0 Å². The van der Waals surface area contributed by atoms with Crippen molar-refractivity contribution in [2.75, 3.05) is 32.8 Å². The quantitative estimate of drug-likeness (QED) is 0.844. The molecule has 0 aromatic carbocycles. The summed E-state index contributed by atoms with van der Waals surface area (Å²) in [6, 6.07) is -0.113. The smallest absolute Gasteiger partial charge is 0.156 e. The number of ether oxygens (including phenoxy) is 1. The topological polar surface area (TPSA) is 41.6 Å². The summed E-state index contributed by atoms with van der Waals surface area (Å²) < 4.78 is 5.36. The summed E-state index contributed by atoms with van der Waals surface area (Å²) in [6.07, 6.45) is 0. The maximum Gasteiger partial charge on any atom is 0.156 e. The second-order valence-corrected chi connectivity index (χ2v) is 7.47. The zero-order valence-electron chi connectivity index (χ0n) is 13.4. The predicted molar refractivity (Wildman–Crippen MR) is 78.4 cm³/mol. The summed E-state index contributed by atoms with van der Waals surface area (Å²) >= 11 is 0. The average molecular weight is 270 g/mol. The maximum absolute atomic E-state index is 12.6. The van der Waals surface area contributed by atoms with Crippen molar-refractivity contribution in [3.05, 3.63) is 0 Å². The summed E-state index contributed by atoms with van der Waals surface area (Å²) in [4.78, 5) is 14.9. The van der Waals surface area contributed by atoms with Crippen molar-refractivity contribution in [2.45, 2.75) is 53.1 Å². The summed E-state index contributed by atoms with van der Waals surface area (Å²) in [5, 5.41) is 3.48. The Morgan fingerprint density at radius 1 is 1.16 bits per heavy atom. The van der Waals surface area contributed by atoms with Gasteiger partial charge in [-0.15, -0.1) is 0 Å². The largest absolute Gasteiger partial charge is 0.379 e. The van der Waals surface area contributed by atoms with E-state index in [1.54, 1.807) is 0 Å². The lowest BCUT2D eigenvalue weighted by molar-refractivity contribution is -0.129. The van der Waals surface area contributed by atoms with Gasteiger partial charge < -0.3 is 10.1 Å². The Hall–Kier alpha value is -0.450. The van der Waals surface area contributed by atoms with Crippen LogP contribution in [-0.4, -0.2) is 55.1 Å². The monoisotopic (exact) mass is 270 g/mol. The molecule has 0 aliphatic carbocycles. The number of carbonyl (C=O) groups excluding carboxylic acids is 1. The third-order valence-corrected chi connectivity index (χ3v) is 3.21. The van der Waals surface area contributed by atoms with Gasteiger partial charge in [-0.1, -0.05) is 20.8 Å². The number of morpholine rings is 1. The molecule has 1 fully saturated rings. The molecule has 1 heterocycles. The molecule has 1 saturated heterocycles. The van der Waals surface area contributed by atoms with Crippen LogP contribution in [0.3, 0.4) is 0 Å². The third kappa shape index (κ3) is 6.02. The van der Waals surface area contributed by atoms with Crippen LogP contribution in [0, 0.1) is 5.41 Å². The fourth-order valence-corrected chi connectivity index (χ4v) is 2.28. The lowest BCUT2D eigenvalue weighted by atomic mass is 9.85. The van der Waals surface area contributed by atoms with Crippen molar-refractivity contribution in [3.8, 4) is 0 Å². The molecule has 0 saturated carbocycles. The van der Waals surface area contributed by atoms with Crippen molar-refractivity contribution < 1.29 is 9.53 Å². The number of nitrogens with zero attached hydrogens (tertiary/aromatic N) is 1. The molecule has 1 aliphatic heterocycles. The number of hydrogen-bond acceptors (Lipinski definition) is 4. The first kappa shape index (κ1) is 16.6. The Balaban J connectivity index is 2.71. The minimum atomic E-state index is -0.310. The molecule has 112 valence electrons. The van der Waals surface area contributed by atoms with Gasteiger partial charge in [-0.3, -0.25) is 9.69 Å².